The molecule has 2 N–H and O–H groups in total. The summed E-state index contributed by atoms with van der Waals surface area (Å²) in [6.45, 7) is 7.89. The Morgan fingerprint density at radius 3 is 2.44 bits per heavy atom. The molecule has 1 saturated heterocycles. The summed E-state index contributed by atoms with van der Waals surface area (Å²) in [5, 5.41) is 0. The third-order valence-electron chi connectivity index (χ3n) is 4.70. The van der Waals surface area contributed by atoms with Crippen molar-refractivity contribution in [1.29, 1.82) is 0 Å². The van der Waals surface area contributed by atoms with Crippen LogP contribution in [0.5, 0.6) is 11.5 Å². The van der Waals surface area contributed by atoms with Crippen molar-refractivity contribution < 1.29 is 19.0 Å². The van der Waals surface area contributed by atoms with Gasteiger partial charge >= 0.3 is 6.09 Å². The van der Waals surface area contributed by atoms with Gasteiger partial charge in [0.05, 0.1) is 13.7 Å². The van der Waals surface area contributed by atoms with E-state index in [2.05, 4.69) is 0 Å². The van der Waals surface area contributed by atoms with Crippen molar-refractivity contribution in [2.24, 2.45) is 5.92 Å². The van der Waals surface area contributed by atoms with Crippen molar-refractivity contribution in [1.82, 2.24) is 4.90 Å². The van der Waals surface area contributed by atoms with Crippen molar-refractivity contribution in [2.45, 2.75) is 58.5 Å². The normalized spacial score (nSPS) is 16.4. The van der Waals surface area contributed by atoms with Gasteiger partial charge in [-0.2, -0.15) is 0 Å². The first-order valence-electron chi connectivity index (χ1n) is 9.83. The molecule has 1 heterocycles. The van der Waals surface area contributed by atoms with E-state index >= 15 is 0 Å². The lowest BCUT2D eigenvalue weighted by atomic mass is 9.93. The number of nitrogen functional groups attached to an aromatic ring is 1. The maximum absolute atomic E-state index is 12.2. The number of carbonyl (C=O) groups excluding carboxylic acids is 1. The average Bonchev–Trinajstić information content (AvgIpc) is 2.56. The molecule has 1 aromatic carbocycles. The SMILES string of the molecule is COc1cc(N)ccc1OCCC1CCCN(C(=O)OC(C)(C)C)CCC1. The van der Waals surface area contributed by atoms with Gasteiger partial charge in [0.1, 0.15) is 5.60 Å². The van der Waals surface area contributed by atoms with Gasteiger partial charge in [-0.3, -0.25) is 0 Å². The van der Waals surface area contributed by atoms with Gasteiger partial charge in [-0.15, -0.1) is 0 Å². The van der Waals surface area contributed by atoms with Crippen LogP contribution in [0.15, 0.2) is 18.2 Å². The lowest BCUT2D eigenvalue weighted by Crippen LogP contribution is -2.39. The number of rotatable bonds is 5. The van der Waals surface area contributed by atoms with Gasteiger partial charge in [0.2, 0.25) is 0 Å². The van der Waals surface area contributed by atoms with Crippen LogP contribution in [0.3, 0.4) is 0 Å². The second-order valence-electron chi connectivity index (χ2n) is 8.17. The van der Waals surface area contributed by atoms with Crippen LogP contribution in [0.4, 0.5) is 10.5 Å². The van der Waals surface area contributed by atoms with Gasteiger partial charge in [0.25, 0.3) is 0 Å². The van der Waals surface area contributed by atoms with Crippen LogP contribution < -0.4 is 15.2 Å². The molecule has 0 atom stereocenters. The van der Waals surface area contributed by atoms with E-state index in [1.807, 2.05) is 37.8 Å². The van der Waals surface area contributed by atoms with Crippen LogP contribution in [0, 0.1) is 5.92 Å². The molecular formula is C21H34N2O4. The van der Waals surface area contributed by atoms with Crippen LogP contribution in [0.25, 0.3) is 0 Å². The maximum Gasteiger partial charge on any atom is 0.410 e. The molecule has 0 radical (unpaired) electrons. The van der Waals surface area contributed by atoms with E-state index in [4.69, 9.17) is 19.9 Å². The Morgan fingerprint density at radius 1 is 1.19 bits per heavy atom. The number of carbonyl (C=O) groups is 1. The largest absolute Gasteiger partial charge is 0.493 e. The minimum absolute atomic E-state index is 0.195. The summed E-state index contributed by atoms with van der Waals surface area (Å²) in [6.07, 6.45) is 4.99. The zero-order valence-electron chi connectivity index (χ0n) is 17.1. The van der Waals surface area contributed by atoms with E-state index in [0.717, 1.165) is 50.9 Å². The van der Waals surface area contributed by atoms with Gasteiger partial charge in [0, 0.05) is 24.8 Å². The summed E-state index contributed by atoms with van der Waals surface area (Å²) in [7, 11) is 1.62. The fraction of sp³-hybridized carbons (Fsp3) is 0.667. The Hall–Kier alpha value is -2.11. The van der Waals surface area contributed by atoms with Gasteiger partial charge in [0.15, 0.2) is 11.5 Å². The summed E-state index contributed by atoms with van der Waals surface area (Å²) in [5.41, 5.74) is 5.99. The van der Waals surface area contributed by atoms with E-state index in [-0.39, 0.29) is 6.09 Å². The third kappa shape index (κ3) is 7.19. The first-order chi connectivity index (χ1) is 12.8. The molecule has 0 aliphatic carbocycles. The first-order valence-corrected chi connectivity index (χ1v) is 9.83. The van der Waals surface area contributed by atoms with Gasteiger partial charge < -0.3 is 24.8 Å². The molecule has 2 rings (SSSR count). The van der Waals surface area contributed by atoms with Crippen LogP contribution >= 0.6 is 0 Å². The topological polar surface area (TPSA) is 74.0 Å². The highest BCUT2D eigenvalue weighted by molar-refractivity contribution is 5.68. The number of hydrogen-bond acceptors (Lipinski definition) is 5. The Bertz CT molecular complexity index is 603. The number of benzene rings is 1. The first kappa shape index (κ1) is 21.2. The number of nitrogens with two attached hydrogens (primary N) is 1. The Balaban J connectivity index is 1.75. The fourth-order valence-electron chi connectivity index (χ4n) is 3.33. The average molecular weight is 379 g/mol. The molecule has 1 fully saturated rings. The highest BCUT2D eigenvalue weighted by Crippen LogP contribution is 2.30. The van der Waals surface area contributed by atoms with Gasteiger partial charge in [-0.25, -0.2) is 4.79 Å². The fourth-order valence-corrected chi connectivity index (χ4v) is 3.33. The Kier molecular flexibility index (Phi) is 7.63. The second kappa shape index (κ2) is 9.72. The molecule has 1 aromatic rings. The van der Waals surface area contributed by atoms with Gasteiger partial charge in [-0.05, 0) is 70.9 Å². The summed E-state index contributed by atoms with van der Waals surface area (Å²) in [4.78, 5) is 14.1. The highest BCUT2D eigenvalue weighted by Gasteiger charge is 2.24. The lowest BCUT2D eigenvalue weighted by Gasteiger charge is -2.30. The number of nitrogens with zero attached hydrogens (tertiary/aromatic N) is 1. The van der Waals surface area contributed by atoms with Crippen molar-refractivity contribution in [3.63, 3.8) is 0 Å². The number of amides is 1. The molecule has 0 unspecified atom stereocenters. The molecule has 1 aliphatic rings. The maximum atomic E-state index is 12.2. The lowest BCUT2D eigenvalue weighted by molar-refractivity contribution is 0.0226. The molecule has 0 bridgehead atoms. The van der Waals surface area contributed by atoms with E-state index in [9.17, 15) is 4.79 Å². The summed E-state index contributed by atoms with van der Waals surface area (Å²) in [6, 6.07) is 5.44. The van der Waals surface area contributed by atoms with Crippen molar-refractivity contribution >= 4 is 11.8 Å². The number of likely N-dealkylation sites (tertiary alicyclic amines) is 1. The molecular weight excluding hydrogens is 344 g/mol. The molecule has 6 nitrogen and oxygen atoms in total. The van der Waals surface area contributed by atoms with E-state index < -0.39 is 5.60 Å². The van der Waals surface area contributed by atoms with Crippen LogP contribution in [0.1, 0.15) is 52.9 Å². The molecule has 0 aromatic heterocycles. The standard InChI is InChI=1S/C21H34N2O4/c1-21(2,3)27-20(24)23-12-5-7-16(8-6-13-23)11-14-26-18-10-9-17(22)15-19(18)25-4/h9-10,15-16H,5-8,11-14,22H2,1-4H3. The van der Waals surface area contributed by atoms with Crippen molar-refractivity contribution in [3.8, 4) is 11.5 Å². The highest BCUT2D eigenvalue weighted by atomic mass is 16.6. The van der Waals surface area contributed by atoms with Crippen LogP contribution in [0.2, 0.25) is 0 Å². The summed E-state index contributed by atoms with van der Waals surface area (Å²) >= 11 is 0. The number of anilines is 1. The van der Waals surface area contributed by atoms with Crippen molar-refractivity contribution in [3.05, 3.63) is 18.2 Å². The zero-order chi connectivity index (χ0) is 19.9. The Morgan fingerprint density at radius 2 is 1.85 bits per heavy atom. The van der Waals surface area contributed by atoms with E-state index in [1.54, 1.807) is 13.2 Å². The van der Waals surface area contributed by atoms with E-state index in [1.165, 1.54) is 0 Å². The van der Waals surface area contributed by atoms with Crippen LogP contribution in [-0.4, -0.2) is 43.4 Å². The predicted octanol–water partition coefficient (Wildman–Crippen LogP) is 4.47. The molecule has 0 saturated carbocycles. The van der Waals surface area contributed by atoms with Crippen LogP contribution in [-0.2, 0) is 4.74 Å². The zero-order valence-corrected chi connectivity index (χ0v) is 17.1. The quantitative estimate of drug-likeness (QED) is 0.765. The third-order valence-corrected chi connectivity index (χ3v) is 4.70. The summed E-state index contributed by atoms with van der Waals surface area (Å²) < 4.78 is 16.7. The molecule has 6 heteroatoms. The molecule has 27 heavy (non-hydrogen) atoms. The minimum Gasteiger partial charge on any atom is -0.493 e. The number of ether oxygens (including phenoxy) is 3. The summed E-state index contributed by atoms with van der Waals surface area (Å²) in [5.74, 6) is 2.01. The Labute approximate surface area is 163 Å². The number of methoxy groups -OCH3 is 1. The smallest absolute Gasteiger partial charge is 0.410 e. The molecule has 1 aliphatic heterocycles. The number of hydrogen-bond donors (Lipinski definition) is 1. The predicted molar refractivity (Wildman–Crippen MR) is 107 cm³/mol. The molecule has 0 spiro atoms. The van der Waals surface area contributed by atoms with Crippen molar-refractivity contribution in [2.75, 3.05) is 32.5 Å². The monoisotopic (exact) mass is 378 g/mol. The second-order valence-corrected chi connectivity index (χ2v) is 8.17. The minimum atomic E-state index is -0.442. The molecule has 1 amide bonds. The van der Waals surface area contributed by atoms with Gasteiger partial charge in [-0.1, -0.05) is 0 Å². The van der Waals surface area contributed by atoms with E-state index in [0.29, 0.717) is 24.0 Å². The molecule has 152 valence electrons.